The van der Waals surface area contributed by atoms with Gasteiger partial charge in [0.15, 0.2) is 0 Å². The van der Waals surface area contributed by atoms with Crippen molar-refractivity contribution < 1.29 is 14.3 Å². The SMILES string of the molecule is CCCC[C@@H]1CCO[C@@H]2[C@@H](C1)CN(C(=O)OCc1ccccc1)[C@@H]2CC. The monoisotopic (exact) mass is 359 g/mol. The molecule has 0 aromatic heterocycles. The van der Waals surface area contributed by atoms with Gasteiger partial charge >= 0.3 is 6.09 Å². The van der Waals surface area contributed by atoms with Gasteiger partial charge in [-0.25, -0.2) is 4.79 Å². The molecule has 1 amide bonds. The van der Waals surface area contributed by atoms with Gasteiger partial charge in [-0.3, -0.25) is 0 Å². The summed E-state index contributed by atoms with van der Waals surface area (Å²) in [6.45, 7) is 6.34. The van der Waals surface area contributed by atoms with Gasteiger partial charge in [0.05, 0.1) is 12.1 Å². The number of carbonyl (C=O) groups is 1. The number of benzene rings is 1. The number of unbranched alkanes of at least 4 members (excludes halogenated alkanes) is 1. The van der Waals surface area contributed by atoms with Crippen molar-refractivity contribution in [1.29, 1.82) is 0 Å². The van der Waals surface area contributed by atoms with Gasteiger partial charge in [0.1, 0.15) is 6.61 Å². The summed E-state index contributed by atoms with van der Waals surface area (Å²) in [7, 11) is 0. The zero-order valence-electron chi connectivity index (χ0n) is 16.2. The van der Waals surface area contributed by atoms with E-state index in [1.165, 1.54) is 32.1 Å². The Labute approximate surface area is 157 Å². The van der Waals surface area contributed by atoms with Gasteiger partial charge < -0.3 is 14.4 Å². The second-order valence-electron chi connectivity index (χ2n) is 7.80. The zero-order chi connectivity index (χ0) is 18.4. The molecule has 0 unspecified atom stereocenters. The highest BCUT2D eigenvalue weighted by molar-refractivity contribution is 5.68. The lowest BCUT2D eigenvalue weighted by Gasteiger charge is -2.26. The minimum atomic E-state index is -0.192. The molecule has 144 valence electrons. The third-order valence-corrected chi connectivity index (χ3v) is 5.97. The molecule has 0 spiro atoms. The summed E-state index contributed by atoms with van der Waals surface area (Å²) in [5.41, 5.74) is 1.03. The topological polar surface area (TPSA) is 38.8 Å². The molecule has 0 bridgehead atoms. The number of rotatable bonds is 6. The fourth-order valence-electron chi connectivity index (χ4n) is 4.58. The quantitative estimate of drug-likeness (QED) is 0.716. The first-order chi connectivity index (χ1) is 12.7. The van der Waals surface area contributed by atoms with Crippen molar-refractivity contribution in [2.45, 2.75) is 71.1 Å². The summed E-state index contributed by atoms with van der Waals surface area (Å²) >= 11 is 0. The number of hydrogen-bond acceptors (Lipinski definition) is 3. The van der Waals surface area contributed by atoms with Crippen molar-refractivity contribution in [2.75, 3.05) is 13.2 Å². The van der Waals surface area contributed by atoms with Crippen LogP contribution in [0.25, 0.3) is 0 Å². The van der Waals surface area contributed by atoms with Crippen LogP contribution in [0.1, 0.15) is 57.9 Å². The Kier molecular flexibility index (Phi) is 6.95. The highest BCUT2D eigenvalue weighted by atomic mass is 16.6. The van der Waals surface area contributed by atoms with Crippen LogP contribution in [0.3, 0.4) is 0 Å². The van der Waals surface area contributed by atoms with Crippen molar-refractivity contribution in [2.24, 2.45) is 11.8 Å². The highest BCUT2D eigenvalue weighted by Gasteiger charge is 2.46. The minimum Gasteiger partial charge on any atom is -0.445 e. The Balaban J connectivity index is 1.60. The van der Waals surface area contributed by atoms with Crippen LogP contribution in [-0.4, -0.2) is 36.3 Å². The Hall–Kier alpha value is -1.55. The lowest BCUT2D eigenvalue weighted by atomic mass is 9.87. The van der Waals surface area contributed by atoms with E-state index in [-0.39, 0.29) is 18.2 Å². The minimum absolute atomic E-state index is 0.146. The summed E-state index contributed by atoms with van der Waals surface area (Å²) in [5, 5.41) is 0. The van der Waals surface area contributed by atoms with Gasteiger partial charge in [-0.15, -0.1) is 0 Å². The highest BCUT2D eigenvalue weighted by Crippen LogP contribution is 2.37. The van der Waals surface area contributed by atoms with Gasteiger partial charge in [0, 0.05) is 19.1 Å². The van der Waals surface area contributed by atoms with Crippen LogP contribution in [0.15, 0.2) is 30.3 Å². The first-order valence-electron chi connectivity index (χ1n) is 10.3. The maximum Gasteiger partial charge on any atom is 0.410 e. The maximum absolute atomic E-state index is 12.7. The zero-order valence-corrected chi connectivity index (χ0v) is 16.2. The molecule has 1 aromatic carbocycles. The molecule has 2 saturated heterocycles. The van der Waals surface area contributed by atoms with E-state index >= 15 is 0 Å². The number of nitrogens with zero attached hydrogens (tertiary/aromatic N) is 1. The molecule has 4 atom stereocenters. The van der Waals surface area contributed by atoms with E-state index in [9.17, 15) is 4.79 Å². The molecule has 0 N–H and O–H groups in total. The molecule has 3 rings (SSSR count). The number of carbonyl (C=O) groups excluding carboxylic acids is 1. The fourth-order valence-corrected chi connectivity index (χ4v) is 4.58. The smallest absolute Gasteiger partial charge is 0.410 e. The summed E-state index contributed by atoms with van der Waals surface area (Å²) in [6, 6.07) is 10.0. The van der Waals surface area contributed by atoms with Gasteiger partial charge in [-0.2, -0.15) is 0 Å². The second kappa shape index (κ2) is 9.40. The molecule has 4 nitrogen and oxygen atoms in total. The molecule has 0 radical (unpaired) electrons. The van der Waals surface area contributed by atoms with Crippen molar-refractivity contribution in [1.82, 2.24) is 4.90 Å². The summed E-state index contributed by atoms with van der Waals surface area (Å²) in [6.07, 6.45) is 7.09. The Morgan fingerprint density at radius 3 is 2.81 bits per heavy atom. The first kappa shape index (κ1) is 19.2. The Morgan fingerprint density at radius 1 is 1.27 bits per heavy atom. The predicted octanol–water partition coefficient (Wildman–Crippen LogP) is 5.02. The summed E-state index contributed by atoms with van der Waals surface area (Å²) in [4.78, 5) is 14.6. The van der Waals surface area contributed by atoms with Crippen molar-refractivity contribution in [3.8, 4) is 0 Å². The largest absolute Gasteiger partial charge is 0.445 e. The average molecular weight is 360 g/mol. The number of ether oxygens (including phenoxy) is 2. The normalized spacial score (nSPS) is 28.5. The van der Waals surface area contributed by atoms with E-state index in [1.807, 2.05) is 35.2 Å². The van der Waals surface area contributed by atoms with Crippen LogP contribution >= 0.6 is 0 Å². The van der Waals surface area contributed by atoms with E-state index in [2.05, 4.69) is 13.8 Å². The van der Waals surface area contributed by atoms with E-state index in [0.29, 0.717) is 12.5 Å². The Bertz CT molecular complexity index is 562. The van der Waals surface area contributed by atoms with Crippen molar-refractivity contribution >= 4 is 6.09 Å². The summed E-state index contributed by atoms with van der Waals surface area (Å²) < 4.78 is 11.8. The van der Waals surface area contributed by atoms with Crippen LogP contribution in [0, 0.1) is 11.8 Å². The molecule has 2 heterocycles. The van der Waals surface area contributed by atoms with Gasteiger partial charge in [-0.05, 0) is 30.7 Å². The number of fused-ring (bicyclic) bond motifs is 1. The average Bonchev–Trinajstić information content (AvgIpc) is 2.89. The number of hydrogen-bond donors (Lipinski definition) is 0. The molecule has 26 heavy (non-hydrogen) atoms. The van der Waals surface area contributed by atoms with Crippen LogP contribution in [-0.2, 0) is 16.1 Å². The predicted molar refractivity (Wildman–Crippen MR) is 103 cm³/mol. The lowest BCUT2D eigenvalue weighted by molar-refractivity contribution is 0.0125. The lowest BCUT2D eigenvalue weighted by Crippen LogP contribution is -2.40. The number of amides is 1. The van der Waals surface area contributed by atoms with Crippen LogP contribution in [0.5, 0.6) is 0 Å². The molecule has 2 aliphatic heterocycles. The van der Waals surface area contributed by atoms with Crippen LogP contribution in [0.2, 0.25) is 0 Å². The maximum atomic E-state index is 12.7. The standard InChI is InChI=1S/C22H33NO3/c1-3-5-9-17-12-13-25-21-19(14-17)15-23(20(21)4-2)22(24)26-16-18-10-7-6-8-11-18/h6-8,10-11,17,19-21H,3-5,9,12-16H2,1-2H3/t17-,19+,20-,21-/m1/s1. The third-order valence-electron chi connectivity index (χ3n) is 5.97. The molecular formula is C22H33NO3. The molecule has 2 aliphatic rings. The van der Waals surface area contributed by atoms with E-state index in [4.69, 9.17) is 9.47 Å². The van der Waals surface area contributed by atoms with E-state index in [0.717, 1.165) is 31.1 Å². The molecule has 4 heteroatoms. The Morgan fingerprint density at radius 2 is 2.08 bits per heavy atom. The first-order valence-corrected chi connectivity index (χ1v) is 10.3. The summed E-state index contributed by atoms with van der Waals surface area (Å²) in [5.74, 6) is 1.19. The number of likely N-dealkylation sites (tertiary alicyclic amines) is 1. The third kappa shape index (κ3) is 4.59. The fraction of sp³-hybridized carbons (Fsp3) is 0.682. The van der Waals surface area contributed by atoms with Crippen LogP contribution in [0.4, 0.5) is 4.79 Å². The molecule has 1 aromatic rings. The second-order valence-corrected chi connectivity index (χ2v) is 7.80. The molecular weight excluding hydrogens is 326 g/mol. The van der Waals surface area contributed by atoms with Crippen LogP contribution < -0.4 is 0 Å². The van der Waals surface area contributed by atoms with Crippen molar-refractivity contribution in [3.63, 3.8) is 0 Å². The van der Waals surface area contributed by atoms with Crippen molar-refractivity contribution in [3.05, 3.63) is 35.9 Å². The molecule has 2 fully saturated rings. The molecule has 0 aliphatic carbocycles. The van der Waals surface area contributed by atoms with E-state index in [1.54, 1.807) is 0 Å². The van der Waals surface area contributed by atoms with Gasteiger partial charge in [0.25, 0.3) is 0 Å². The van der Waals surface area contributed by atoms with E-state index < -0.39 is 0 Å². The van der Waals surface area contributed by atoms with Gasteiger partial charge in [0.2, 0.25) is 0 Å². The van der Waals surface area contributed by atoms with Gasteiger partial charge in [-0.1, -0.05) is 63.4 Å². The molecule has 0 saturated carbocycles.